The van der Waals surface area contributed by atoms with Crippen LogP contribution >= 0.6 is 34.8 Å². The highest BCUT2D eigenvalue weighted by atomic mass is 35.5. The summed E-state index contributed by atoms with van der Waals surface area (Å²) in [7, 11) is 0. The highest BCUT2D eigenvalue weighted by Crippen LogP contribution is 2.48. The van der Waals surface area contributed by atoms with Crippen molar-refractivity contribution < 1.29 is 9.90 Å². The molecule has 1 amide bonds. The molecule has 1 aromatic heterocycles. The number of anilines is 1. The van der Waals surface area contributed by atoms with Crippen LogP contribution in [0.2, 0.25) is 15.2 Å². The zero-order valence-corrected chi connectivity index (χ0v) is 21.1. The molecule has 3 aromatic rings. The third kappa shape index (κ3) is 4.84. The van der Waals surface area contributed by atoms with Crippen LogP contribution in [0.4, 0.5) is 5.69 Å². The number of pyridine rings is 1. The molecule has 1 N–H and O–H groups in total. The van der Waals surface area contributed by atoms with Crippen molar-refractivity contribution in [1.29, 1.82) is 0 Å². The molecule has 2 aromatic carbocycles. The van der Waals surface area contributed by atoms with Crippen molar-refractivity contribution in [2.45, 2.75) is 17.9 Å². The molecule has 0 radical (unpaired) electrons. The first kappa shape index (κ1) is 24.3. The number of hydrogen-bond donors (Lipinski definition) is 1. The molecule has 0 bridgehead atoms. The molecule has 2 aliphatic rings. The average Bonchev–Trinajstić information content (AvgIpc) is 3.16. The lowest BCUT2D eigenvalue weighted by atomic mass is 9.72. The van der Waals surface area contributed by atoms with Crippen LogP contribution in [0, 0.1) is 0 Å². The summed E-state index contributed by atoms with van der Waals surface area (Å²) in [4.78, 5) is 21.4. The number of aliphatic hydroxyl groups is 1. The molecule has 3 heterocycles. The van der Waals surface area contributed by atoms with E-state index in [0.717, 1.165) is 29.9 Å². The van der Waals surface area contributed by atoms with E-state index in [1.165, 1.54) is 6.20 Å². The van der Waals surface area contributed by atoms with E-state index >= 15 is 0 Å². The van der Waals surface area contributed by atoms with Crippen molar-refractivity contribution in [2.24, 2.45) is 0 Å². The summed E-state index contributed by atoms with van der Waals surface area (Å²) in [6, 6.07) is 16.4. The highest BCUT2D eigenvalue weighted by molar-refractivity contribution is 6.31. The number of rotatable bonds is 4. The standard InChI is InChI=1S/C27H24Cl3N3O2/c28-20-5-3-18(4-6-20)2-1-12-32-13-10-27(24(34)16-32)17-33(23-8-7-21(29)15-22(23)27)26(35)19-9-11-31-25(30)14-19/h1-9,11,14-15,24,34H,10,12-13,16-17H2/t24-,27-/m1/s1. The number of nitrogens with zero attached hydrogens (tertiary/aromatic N) is 3. The SMILES string of the molecule is O=C(c1ccnc(Cl)c1)N1C[C@]2(CCN(CC=Cc3ccc(Cl)cc3)C[C@H]2O)c2cc(Cl)ccc21. The zero-order valence-electron chi connectivity index (χ0n) is 18.9. The fraction of sp³-hybridized carbons (Fsp3) is 0.259. The Labute approximate surface area is 219 Å². The minimum absolute atomic E-state index is 0.171. The summed E-state index contributed by atoms with van der Waals surface area (Å²) in [6.45, 7) is 2.39. The van der Waals surface area contributed by atoms with E-state index in [1.54, 1.807) is 23.1 Å². The Bertz CT molecular complexity index is 1280. The van der Waals surface area contributed by atoms with Gasteiger partial charge in [0.1, 0.15) is 5.15 Å². The predicted molar refractivity (Wildman–Crippen MR) is 142 cm³/mol. The van der Waals surface area contributed by atoms with Crippen molar-refractivity contribution in [1.82, 2.24) is 9.88 Å². The number of likely N-dealkylation sites (tertiary alicyclic amines) is 1. The number of piperidine rings is 1. The molecule has 35 heavy (non-hydrogen) atoms. The Kier molecular flexibility index (Phi) is 6.88. The fourth-order valence-corrected chi connectivity index (χ4v) is 5.55. The second kappa shape index (κ2) is 9.92. The van der Waals surface area contributed by atoms with Crippen molar-refractivity contribution in [3.63, 3.8) is 0 Å². The molecule has 0 aliphatic carbocycles. The molecule has 1 spiro atoms. The van der Waals surface area contributed by atoms with Crippen LogP contribution in [0.1, 0.15) is 27.9 Å². The Hall–Kier alpha value is -2.41. The van der Waals surface area contributed by atoms with E-state index in [2.05, 4.69) is 22.0 Å². The first-order valence-electron chi connectivity index (χ1n) is 11.4. The summed E-state index contributed by atoms with van der Waals surface area (Å²) in [5.74, 6) is -0.171. The summed E-state index contributed by atoms with van der Waals surface area (Å²) in [5.41, 5.74) is 2.66. The van der Waals surface area contributed by atoms with Gasteiger partial charge in [-0.1, -0.05) is 59.1 Å². The van der Waals surface area contributed by atoms with Crippen LogP contribution in [0.5, 0.6) is 0 Å². The molecular weight excluding hydrogens is 505 g/mol. The first-order valence-corrected chi connectivity index (χ1v) is 12.6. The number of benzene rings is 2. The molecule has 8 heteroatoms. The lowest BCUT2D eigenvalue weighted by Gasteiger charge is -2.43. The number of β-amino-alcohol motifs (C(OH)–C–C–N with tert-alkyl or cyclic N) is 1. The number of hydrogen-bond acceptors (Lipinski definition) is 4. The molecule has 0 unspecified atom stereocenters. The van der Waals surface area contributed by atoms with Gasteiger partial charge in [0.05, 0.1) is 6.10 Å². The van der Waals surface area contributed by atoms with Gasteiger partial charge >= 0.3 is 0 Å². The monoisotopic (exact) mass is 527 g/mol. The molecule has 1 saturated heterocycles. The van der Waals surface area contributed by atoms with Crippen molar-refractivity contribution in [2.75, 3.05) is 31.1 Å². The number of carbonyl (C=O) groups is 1. The van der Waals surface area contributed by atoms with Gasteiger partial charge in [-0.2, -0.15) is 0 Å². The molecule has 1 fully saturated rings. The Balaban J connectivity index is 1.35. The van der Waals surface area contributed by atoms with Gasteiger partial charge in [0, 0.05) is 52.5 Å². The van der Waals surface area contributed by atoms with Crippen molar-refractivity contribution in [3.8, 4) is 0 Å². The van der Waals surface area contributed by atoms with E-state index in [1.807, 2.05) is 36.4 Å². The maximum absolute atomic E-state index is 13.4. The Morgan fingerprint density at radius 2 is 1.86 bits per heavy atom. The molecule has 5 rings (SSSR count). The fourth-order valence-electron chi connectivity index (χ4n) is 5.08. The minimum Gasteiger partial charge on any atom is -0.391 e. The van der Waals surface area contributed by atoms with Crippen LogP contribution in [-0.4, -0.2) is 53.2 Å². The maximum Gasteiger partial charge on any atom is 0.258 e. The quantitative estimate of drug-likeness (QED) is 0.440. The smallest absolute Gasteiger partial charge is 0.258 e. The van der Waals surface area contributed by atoms with Gasteiger partial charge in [-0.3, -0.25) is 9.69 Å². The molecule has 0 saturated carbocycles. The molecule has 2 atom stereocenters. The van der Waals surface area contributed by atoms with E-state index < -0.39 is 11.5 Å². The summed E-state index contributed by atoms with van der Waals surface area (Å²) in [6.07, 6.45) is 5.72. The topological polar surface area (TPSA) is 56.7 Å². The van der Waals surface area contributed by atoms with Crippen molar-refractivity contribution >= 4 is 52.5 Å². The Morgan fingerprint density at radius 1 is 1.09 bits per heavy atom. The van der Waals surface area contributed by atoms with Gasteiger partial charge in [-0.25, -0.2) is 4.98 Å². The number of aromatic nitrogens is 1. The molecule has 5 nitrogen and oxygen atoms in total. The highest BCUT2D eigenvalue weighted by Gasteiger charge is 2.51. The summed E-state index contributed by atoms with van der Waals surface area (Å²) >= 11 is 18.4. The third-order valence-corrected chi connectivity index (χ3v) is 7.63. The zero-order chi connectivity index (χ0) is 24.6. The average molecular weight is 529 g/mol. The minimum atomic E-state index is -0.656. The first-order chi connectivity index (χ1) is 16.9. The van der Waals surface area contributed by atoms with E-state index in [-0.39, 0.29) is 11.1 Å². The number of aliphatic hydroxyl groups excluding tert-OH is 1. The number of fused-ring (bicyclic) bond motifs is 2. The van der Waals surface area contributed by atoms with Crippen LogP contribution in [-0.2, 0) is 5.41 Å². The van der Waals surface area contributed by atoms with Gasteiger partial charge < -0.3 is 10.0 Å². The van der Waals surface area contributed by atoms with Gasteiger partial charge in [0.15, 0.2) is 0 Å². The van der Waals surface area contributed by atoms with Gasteiger partial charge in [-0.05, 0) is 66.6 Å². The molecule has 180 valence electrons. The molecular formula is C27H24Cl3N3O2. The second-order valence-corrected chi connectivity index (χ2v) is 10.3. The van der Waals surface area contributed by atoms with Crippen LogP contribution in [0.25, 0.3) is 6.08 Å². The normalized spacial score (nSPS) is 22.2. The lowest BCUT2D eigenvalue weighted by molar-refractivity contribution is 0.0104. The van der Waals surface area contributed by atoms with Crippen LogP contribution in [0.3, 0.4) is 0 Å². The van der Waals surface area contributed by atoms with E-state index in [0.29, 0.717) is 35.1 Å². The number of halogens is 3. The van der Waals surface area contributed by atoms with Crippen molar-refractivity contribution in [3.05, 3.63) is 98.8 Å². The number of carbonyl (C=O) groups excluding carboxylic acids is 1. The van der Waals surface area contributed by atoms with E-state index in [9.17, 15) is 9.90 Å². The molecule has 2 aliphatic heterocycles. The van der Waals surface area contributed by atoms with Gasteiger partial charge in [-0.15, -0.1) is 0 Å². The number of amides is 1. The summed E-state index contributed by atoms with van der Waals surface area (Å²) < 4.78 is 0. The third-order valence-electron chi connectivity index (χ3n) is 6.93. The van der Waals surface area contributed by atoms with Gasteiger partial charge in [0.2, 0.25) is 0 Å². The lowest BCUT2D eigenvalue weighted by Crippen LogP contribution is -2.55. The summed E-state index contributed by atoms with van der Waals surface area (Å²) in [5, 5.41) is 13.0. The van der Waals surface area contributed by atoms with Gasteiger partial charge in [0.25, 0.3) is 5.91 Å². The van der Waals surface area contributed by atoms with E-state index in [4.69, 9.17) is 34.8 Å². The maximum atomic E-state index is 13.4. The predicted octanol–water partition coefficient (Wildman–Crippen LogP) is 5.72. The Morgan fingerprint density at radius 3 is 2.60 bits per heavy atom. The largest absolute Gasteiger partial charge is 0.391 e. The van der Waals surface area contributed by atoms with Crippen LogP contribution < -0.4 is 4.90 Å². The second-order valence-electron chi connectivity index (χ2n) is 9.06. The van der Waals surface area contributed by atoms with Crippen LogP contribution in [0.15, 0.2) is 66.9 Å².